The number of benzene rings is 1. The number of amides is 2. The van der Waals surface area contributed by atoms with Crippen molar-refractivity contribution in [1.29, 1.82) is 0 Å². The zero-order valence-electron chi connectivity index (χ0n) is 13.8. The molecule has 0 radical (unpaired) electrons. The zero-order chi connectivity index (χ0) is 17.5. The number of nitrogens with one attached hydrogen (secondary N) is 1. The van der Waals surface area contributed by atoms with Crippen LogP contribution in [0.15, 0.2) is 42.6 Å². The van der Waals surface area contributed by atoms with Crippen LogP contribution < -0.4 is 5.32 Å². The van der Waals surface area contributed by atoms with Gasteiger partial charge in [-0.1, -0.05) is 23.7 Å². The van der Waals surface area contributed by atoms with E-state index in [0.717, 1.165) is 11.3 Å². The van der Waals surface area contributed by atoms with Crippen LogP contribution in [0.25, 0.3) is 0 Å². The molecule has 0 spiro atoms. The molecule has 0 bridgehead atoms. The monoisotopic (exact) mass is 345 g/mol. The van der Waals surface area contributed by atoms with Crippen molar-refractivity contribution in [2.75, 3.05) is 11.9 Å². The number of rotatable bonds is 6. The molecular weight excluding hydrogens is 326 g/mol. The molecule has 0 aliphatic carbocycles. The lowest BCUT2D eigenvalue weighted by Gasteiger charge is -2.20. The molecule has 0 aliphatic rings. The van der Waals surface area contributed by atoms with Crippen LogP contribution in [0, 0.1) is 6.92 Å². The lowest BCUT2D eigenvalue weighted by molar-refractivity contribution is -0.130. The fraction of sp³-hybridized carbons (Fsp3) is 0.278. The summed E-state index contributed by atoms with van der Waals surface area (Å²) in [6.45, 7) is 4.06. The summed E-state index contributed by atoms with van der Waals surface area (Å²) in [4.78, 5) is 29.7. The van der Waals surface area contributed by atoms with E-state index in [4.69, 9.17) is 11.6 Å². The summed E-state index contributed by atoms with van der Waals surface area (Å²) in [5.74, 6) is -0.250. The van der Waals surface area contributed by atoms with Crippen molar-refractivity contribution in [3.8, 4) is 0 Å². The van der Waals surface area contributed by atoms with E-state index in [2.05, 4.69) is 10.3 Å². The van der Waals surface area contributed by atoms with Gasteiger partial charge in [0.05, 0.1) is 12.2 Å². The quantitative estimate of drug-likeness (QED) is 0.872. The Hall–Kier alpha value is -2.40. The third-order valence-electron chi connectivity index (χ3n) is 3.67. The number of hydrogen-bond acceptors (Lipinski definition) is 3. The largest absolute Gasteiger partial charge is 0.337 e. The van der Waals surface area contributed by atoms with Gasteiger partial charge in [0.1, 0.15) is 0 Å². The van der Waals surface area contributed by atoms with Gasteiger partial charge in [-0.25, -0.2) is 0 Å². The number of carbonyl (C=O) groups excluding carboxylic acids is 2. The number of halogens is 1. The summed E-state index contributed by atoms with van der Waals surface area (Å²) in [7, 11) is 0. The van der Waals surface area contributed by atoms with Crippen LogP contribution in [-0.2, 0) is 16.1 Å². The highest BCUT2D eigenvalue weighted by molar-refractivity contribution is 6.31. The van der Waals surface area contributed by atoms with Crippen LogP contribution >= 0.6 is 11.6 Å². The molecule has 0 unspecified atom stereocenters. The molecule has 0 atom stereocenters. The van der Waals surface area contributed by atoms with Gasteiger partial charge in [-0.15, -0.1) is 0 Å². The van der Waals surface area contributed by atoms with Crippen molar-refractivity contribution in [2.45, 2.75) is 26.8 Å². The SMILES string of the molecule is CC(=O)N(CCC(=O)Nc1cccc(Cl)c1C)Cc1ccccn1. The lowest BCUT2D eigenvalue weighted by atomic mass is 10.2. The molecule has 1 aromatic carbocycles. The van der Waals surface area contributed by atoms with E-state index in [-0.39, 0.29) is 18.2 Å². The first kappa shape index (κ1) is 17.9. The fourth-order valence-electron chi connectivity index (χ4n) is 2.23. The fourth-order valence-corrected chi connectivity index (χ4v) is 2.40. The first-order valence-electron chi connectivity index (χ1n) is 7.67. The highest BCUT2D eigenvalue weighted by atomic mass is 35.5. The molecule has 1 N–H and O–H groups in total. The minimum atomic E-state index is -0.160. The van der Waals surface area contributed by atoms with Crippen LogP contribution in [-0.4, -0.2) is 28.2 Å². The Morgan fingerprint density at radius 3 is 2.67 bits per heavy atom. The average molecular weight is 346 g/mol. The second-order valence-electron chi connectivity index (χ2n) is 5.47. The number of carbonyl (C=O) groups is 2. The first-order chi connectivity index (χ1) is 11.5. The summed E-state index contributed by atoms with van der Waals surface area (Å²) in [5, 5.41) is 3.44. The van der Waals surface area contributed by atoms with Gasteiger partial charge in [-0.05, 0) is 36.8 Å². The molecule has 0 aliphatic heterocycles. The van der Waals surface area contributed by atoms with Crippen molar-refractivity contribution in [1.82, 2.24) is 9.88 Å². The topological polar surface area (TPSA) is 62.3 Å². The van der Waals surface area contributed by atoms with Gasteiger partial charge in [0.15, 0.2) is 0 Å². The van der Waals surface area contributed by atoms with Gasteiger partial charge in [0, 0.05) is 36.8 Å². The second-order valence-corrected chi connectivity index (χ2v) is 5.88. The minimum Gasteiger partial charge on any atom is -0.337 e. The highest BCUT2D eigenvalue weighted by Crippen LogP contribution is 2.23. The van der Waals surface area contributed by atoms with E-state index < -0.39 is 0 Å². The number of aromatic nitrogens is 1. The van der Waals surface area contributed by atoms with Crippen molar-refractivity contribution in [2.24, 2.45) is 0 Å². The van der Waals surface area contributed by atoms with Crippen molar-refractivity contribution in [3.63, 3.8) is 0 Å². The molecule has 1 aromatic heterocycles. The number of pyridine rings is 1. The normalized spacial score (nSPS) is 10.3. The molecule has 2 aromatic rings. The Labute approximate surface area is 146 Å². The Morgan fingerprint density at radius 1 is 1.21 bits per heavy atom. The Bertz CT molecular complexity index is 719. The molecular formula is C18H20ClN3O2. The predicted molar refractivity (Wildman–Crippen MR) is 94.8 cm³/mol. The third kappa shape index (κ3) is 5.06. The first-order valence-corrected chi connectivity index (χ1v) is 8.05. The van der Waals surface area contributed by atoms with Gasteiger partial charge in [0.2, 0.25) is 11.8 Å². The van der Waals surface area contributed by atoms with Crippen molar-refractivity contribution >= 4 is 29.1 Å². The lowest BCUT2D eigenvalue weighted by Crippen LogP contribution is -2.31. The smallest absolute Gasteiger partial charge is 0.226 e. The Kier molecular flexibility index (Phi) is 6.32. The van der Waals surface area contributed by atoms with Gasteiger partial charge < -0.3 is 10.2 Å². The standard InChI is InChI=1S/C18H20ClN3O2/c1-13-16(19)7-5-8-17(13)21-18(24)9-11-22(14(2)23)12-15-6-3-4-10-20-15/h3-8,10H,9,11-12H2,1-2H3,(H,21,24). The van der Waals surface area contributed by atoms with Crippen LogP contribution in [0.4, 0.5) is 5.69 Å². The zero-order valence-corrected chi connectivity index (χ0v) is 14.5. The van der Waals surface area contributed by atoms with Crippen LogP contribution in [0.1, 0.15) is 24.6 Å². The summed E-state index contributed by atoms with van der Waals surface area (Å²) in [5.41, 5.74) is 2.30. The highest BCUT2D eigenvalue weighted by Gasteiger charge is 2.13. The van der Waals surface area contributed by atoms with E-state index in [1.165, 1.54) is 6.92 Å². The molecule has 2 rings (SSSR count). The minimum absolute atomic E-state index is 0.0904. The molecule has 0 saturated heterocycles. The summed E-state index contributed by atoms with van der Waals surface area (Å²) < 4.78 is 0. The van der Waals surface area contributed by atoms with Crippen LogP contribution in [0.5, 0.6) is 0 Å². The molecule has 0 saturated carbocycles. The molecule has 5 nitrogen and oxygen atoms in total. The molecule has 1 heterocycles. The third-order valence-corrected chi connectivity index (χ3v) is 4.08. The van der Waals surface area contributed by atoms with Crippen LogP contribution in [0.3, 0.4) is 0 Å². The number of hydrogen-bond donors (Lipinski definition) is 1. The predicted octanol–water partition coefficient (Wildman–Crippen LogP) is 3.42. The van der Waals surface area contributed by atoms with Crippen molar-refractivity contribution < 1.29 is 9.59 Å². The average Bonchev–Trinajstić information content (AvgIpc) is 2.56. The summed E-state index contributed by atoms with van der Waals surface area (Å²) in [6, 6.07) is 10.9. The van der Waals surface area contributed by atoms with Crippen molar-refractivity contribution in [3.05, 3.63) is 58.9 Å². The van der Waals surface area contributed by atoms with E-state index in [1.807, 2.05) is 25.1 Å². The molecule has 6 heteroatoms. The second kappa shape index (κ2) is 8.45. The van der Waals surface area contributed by atoms with Gasteiger partial charge in [-0.3, -0.25) is 14.6 Å². The van der Waals surface area contributed by atoms with E-state index in [9.17, 15) is 9.59 Å². The van der Waals surface area contributed by atoms with Crippen LogP contribution in [0.2, 0.25) is 5.02 Å². The summed E-state index contributed by atoms with van der Waals surface area (Å²) in [6.07, 6.45) is 1.89. The van der Waals surface area contributed by atoms with Gasteiger partial charge >= 0.3 is 0 Å². The van der Waals surface area contributed by atoms with E-state index >= 15 is 0 Å². The molecule has 126 valence electrons. The van der Waals surface area contributed by atoms with E-state index in [0.29, 0.717) is 23.8 Å². The van der Waals surface area contributed by atoms with Gasteiger partial charge in [-0.2, -0.15) is 0 Å². The maximum Gasteiger partial charge on any atom is 0.226 e. The van der Waals surface area contributed by atoms with Gasteiger partial charge in [0.25, 0.3) is 0 Å². The maximum absolute atomic E-state index is 12.1. The number of nitrogens with zero attached hydrogens (tertiary/aromatic N) is 2. The molecule has 0 fully saturated rings. The Balaban J connectivity index is 1.93. The van der Waals surface area contributed by atoms with E-state index in [1.54, 1.807) is 29.3 Å². The maximum atomic E-state index is 12.1. The number of anilines is 1. The molecule has 2 amide bonds. The molecule has 24 heavy (non-hydrogen) atoms. The summed E-state index contributed by atoms with van der Waals surface area (Å²) >= 11 is 6.05. The Morgan fingerprint density at radius 2 is 2.00 bits per heavy atom.